The van der Waals surface area contributed by atoms with Crippen molar-refractivity contribution in [2.24, 2.45) is 5.92 Å². The molecule has 1 aliphatic rings. The van der Waals surface area contributed by atoms with Crippen LogP contribution in [0.15, 0.2) is 42.5 Å². The first-order chi connectivity index (χ1) is 15.2. The number of carbonyl (C=O) groups excluding carboxylic acids is 4. The monoisotopic (exact) mass is 439 g/mol. The van der Waals surface area contributed by atoms with E-state index in [1.807, 2.05) is 0 Å². The van der Waals surface area contributed by atoms with Crippen molar-refractivity contribution in [2.75, 3.05) is 23.4 Å². The molecule has 0 unspecified atom stereocenters. The fraction of sp³-hybridized carbons (Fsp3) is 0.273. The number of nitro groups is 1. The Balaban J connectivity index is 1.57. The maximum Gasteiger partial charge on any atom is 0.311 e. The molecule has 1 fully saturated rings. The van der Waals surface area contributed by atoms with E-state index >= 15 is 0 Å². The van der Waals surface area contributed by atoms with Crippen molar-refractivity contribution in [3.8, 4) is 0 Å². The fourth-order valence-electron chi connectivity index (χ4n) is 3.34. The van der Waals surface area contributed by atoms with E-state index in [4.69, 9.17) is 4.74 Å². The lowest BCUT2D eigenvalue weighted by Crippen LogP contribution is -2.28. The van der Waals surface area contributed by atoms with Gasteiger partial charge in [-0.15, -0.1) is 0 Å². The van der Waals surface area contributed by atoms with Crippen molar-refractivity contribution in [3.05, 3.63) is 63.7 Å². The number of aryl methyl sites for hydroxylation is 1. The largest absolute Gasteiger partial charge is 0.455 e. The molecule has 2 aromatic carbocycles. The Morgan fingerprint density at radius 3 is 2.66 bits per heavy atom. The van der Waals surface area contributed by atoms with Crippen molar-refractivity contribution in [2.45, 2.75) is 20.3 Å². The number of rotatable bonds is 7. The highest BCUT2D eigenvalue weighted by Gasteiger charge is 2.37. The van der Waals surface area contributed by atoms with Crippen LogP contribution in [-0.2, 0) is 19.1 Å². The topological polar surface area (TPSA) is 136 Å². The summed E-state index contributed by atoms with van der Waals surface area (Å²) in [4.78, 5) is 60.1. The second-order valence-electron chi connectivity index (χ2n) is 7.43. The molecule has 10 nitrogen and oxygen atoms in total. The molecule has 1 saturated heterocycles. The van der Waals surface area contributed by atoms with E-state index in [0.29, 0.717) is 22.5 Å². The molecule has 1 aliphatic heterocycles. The summed E-state index contributed by atoms with van der Waals surface area (Å²) in [6.45, 7) is 2.45. The van der Waals surface area contributed by atoms with Crippen molar-refractivity contribution < 1.29 is 28.8 Å². The first-order valence-electron chi connectivity index (χ1n) is 9.78. The number of hydrogen-bond donors (Lipinski definition) is 1. The number of Topliss-reactive ketones (excluding diaryl/α,β-unsaturated/α-hetero) is 1. The van der Waals surface area contributed by atoms with Crippen molar-refractivity contribution in [1.82, 2.24) is 0 Å². The highest BCUT2D eigenvalue weighted by Crippen LogP contribution is 2.30. The molecule has 2 amide bonds. The third-order valence-electron chi connectivity index (χ3n) is 5.06. The van der Waals surface area contributed by atoms with Gasteiger partial charge in [-0.3, -0.25) is 29.3 Å². The minimum absolute atomic E-state index is 0.000157. The minimum Gasteiger partial charge on any atom is -0.455 e. The van der Waals surface area contributed by atoms with Crippen LogP contribution in [0.1, 0.15) is 29.3 Å². The van der Waals surface area contributed by atoms with Gasteiger partial charge in [-0.2, -0.15) is 0 Å². The zero-order chi connectivity index (χ0) is 23.4. The fourth-order valence-corrected chi connectivity index (χ4v) is 3.34. The quantitative estimate of drug-likeness (QED) is 0.303. The number of nitrogens with zero attached hydrogens (tertiary/aromatic N) is 2. The first-order valence-corrected chi connectivity index (χ1v) is 9.78. The second-order valence-corrected chi connectivity index (χ2v) is 7.43. The molecule has 0 aliphatic carbocycles. The van der Waals surface area contributed by atoms with Crippen LogP contribution < -0.4 is 10.2 Å². The summed E-state index contributed by atoms with van der Waals surface area (Å²) in [6, 6.07) is 10.8. The number of hydrogen-bond acceptors (Lipinski definition) is 7. The van der Waals surface area contributed by atoms with Crippen molar-refractivity contribution in [3.63, 3.8) is 0 Å². The predicted molar refractivity (Wildman–Crippen MR) is 114 cm³/mol. The SMILES string of the molecule is CC(=O)c1cccc(NC(=O)COC(=O)[C@@H]2CC(=O)N(c3ccc(C)c([N+](=O)[O-])c3)C2)c1. The molecule has 1 N–H and O–H groups in total. The maximum absolute atomic E-state index is 12.4. The molecule has 0 saturated carbocycles. The lowest BCUT2D eigenvalue weighted by atomic mass is 10.1. The third kappa shape index (κ3) is 5.15. The van der Waals surface area contributed by atoms with Gasteiger partial charge in [-0.25, -0.2) is 0 Å². The van der Waals surface area contributed by atoms with E-state index in [2.05, 4.69) is 5.32 Å². The number of anilines is 2. The number of carbonyl (C=O) groups is 4. The number of nitrogens with one attached hydrogen (secondary N) is 1. The molecule has 0 radical (unpaired) electrons. The maximum atomic E-state index is 12.4. The first kappa shape index (κ1) is 22.6. The number of amides is 2. The van der Waals surface area contributed by atoms with Gasteiger partial charge >= 0.3 is 5.97 Å². The van der Waals surface area contributed by atoms with E-state index < -0.39 is 29.3 Å². The molecule has 32 heavy (non-hydrogen) atoms. The highest BCUT2D eigenvalue weighted by molar-refractivity contribution is 6.00. The molecule has 0 aromatic heterocycles. The number of nitro benzene ring substituents is 1. The standard InChI is InChI=1S/C22H21N3O7/c1-13-6-7-18(10-19(13)25(30)31)24-11-16(9-21(24)28)22(29)32-12-20(27)23-17-5-3-4-15(8-17)14(2)26/h3-8,10,16H,9,11-12H2,1-2H3,(H,23,27)/t16-/m1/s1. The third-order valence-corrected chi connectivity index (χ3v) is 5.06. The minimum atomic E-state index is -0.795. The summed E-state index contributed by atoms with van der Waals surface area (Å²) < 4.78 is 5.05. The van der Waals surface area contributed by atoms with Gasteiger partial charge in [0, 0.05) is 35.8 Å². The van der Waals surface area contributed by atoms with Gasteiger partial charge in [-0.1, -0.05) is 18.2 Å². The lowest BCUT2D eigenvalue weighted by Gasteiger charge is -2.16. The van der Waals surface area contributed by atoms with Gasteiger partial charge in [0.2, 0.25) is 5.91 Å². The normalized spacial score (nSPS) is 15.4. The molecule has 0 spiro atoms. The molecule has 0 bridgehead atoms. The van der Waals surface area contributed by atoms with E-state index in [-0.39, 0.29) is 30.3 Å². The van der Waals surface area contributed by atoms with Crippen LogP contribution in [0, 0.1) is 23.0 Å². The number of benzene rings is 2. The Hall–Kier alpha value is -4.08. The average Bonchev–Trinajstić information content (AvgIpc) is 3.14. The van der Waals surface area contributed by atoms with Crippen LogP contribution in [0.2, 0.25) is 0 Å². The van der Waals surface area contributed by atoms with Crippen LogP contribution in [-0.4, -0.2) is 41.6 Å². The molecule has 10 heteroatoms. The Labute approximate surface area is 183 Å². The van der Waals surface area contributed by atoms with Crippen LogP contribution in [0.5, 0.6) is 0 Å². The van der Waals surface area contributed by atoms with E-state index in [1.165, 1.54) is 30.0 Å². The summed E-state index contributed by atoms with van der Waals surface area (Å²) >= 11 is 0. The second kappa shape index (κ2) is 9.38. The average molecular weight is 439 g/mol. The van der Waals surface area contributed by atoms with Gasteiger partial charge < -0.3 is 15.0 Å². The van der Waals surface area contributed by atoms with Gasteiger partial charge in [0.15, 0.2) is 12.4 Å². The zero-order valence-corrected chi connectivity index (χ0v) is 17.5. The predicted octanol–water partition coefficient (Wildman–Crippen LogP) is 2.64. The number of esters is 1. The molecular formula is C22H21N3O7. The van der Waals surface area contributed by atoms with Crippen LogP contribution in [0.3, 0.4) is 0 Å². The highest BCUT2D eigenvalue weighted by atomic mass is 16.6. The van der Waals surface area contributed by atoms with Gasteiger partial charge in [0.05, 0.1) is 16.5 Å². The summed E-state index contributed by atoms with van der Waals surface area (Å²) in [6.07, 6.45) is -0.122. The van der Waals surface area contributed by atoms with Crippen molar-refractivity contribution in [1.29, 1.82) is 0 Å². The summed E-state index contributed by atoms with van der Waals surface area (Å²) in [7, 11) is 0. The molecular weight excluding hydrogens is 418 g/mol. The lowest BCUT2D eigenvalue weighted by molar-refractivity contribution is -0.385. The van der Waals surface area contributed by atoms with Crippen LogP contribution >= 0.6 is 0 Å². The molecule has 1 atom stereocenters. The smallest absolute Gasteiger partial charge is 0.311 e. The Morgan fingerprint density at radius 1 is 1.22 bits per heavy atom. The molecule has 1 heterocycles. The van der Waals surface area contributed by atoms with Gasteiger partial charge in [-0.05, 0) is 32.0 Å². The van der Waals surface area contributed by atoms with Crippen LogP contribution in [0.4, 0.5) is 17.1 Å². The molecule has 3 rings (SSSR count). The molecule has 166 valence electrons. The van der Waals surface area contributed by atoms with Crippen molar-refractivity contribution >= 4 is 40.6 Å². The zero-order valence-electron chi connectivity index (χ0n) is 17.5. The van der Waals surface area contributed by atoms with Gasteiger partial charge in [0.25, 0.3) is 11.6 Å². The Kier molecular flexibility index (Phi) is 6.62. The van der Waals surface area contributed by atoms with E-state index in [0.717, 1.165) is 0 Å². The summed E-state index contributed by atoms with van der Waals surface area (Å²) in [5, 5.41) is 13.7. The number of ketones is 1. The van der Waals surface area contributed by atoms with E-state index in [1.54, 1.807) is 31.2 Å². The summed E-state index contributed by atoms with van der Waals surface area (Å²) in [5.74, 6) is -2.61. The van der Waals surface area contributed by atoms with Gasteiger partial charge in [0.1, 0.15) is 0 Å². The van der Waals surface area contributed by atoms with Crippen LogP contribution in [0.25, 0.3) is 0 Å². The Morgan fingerprint density at radius 2 is 1.97 bits per heavy atom. The summed E-state index contributed by atoms with van der Waals surface area (Å²) in [5.41, 5.74) is 1.49. The molecule has 2 aromatic rings. The Bertz CT molecular complexity index is 1110. The van der Waals surface area contributed by atoms with E-state index in [9.17, 15) is 29.3 Å². The number of ether oxygens (including phenoxy) is 1.